The zero-order valence-corrected chi connectivity index (χ0v) is 30.4. The molecule has 56 heavy (non-hydrogen) atoms. The van der Waals surface area contributed by atoms with Crippen LogP contribution in [0.25, 0.3) is 120 Å². The van der Waals surface area contributed by atoms with Gasteiger partial charge in [-0.25, -0.2) is 4.98 Å². The Labute approximate surface area is 322 Å². The lowest BCUT2D eigenvalue weighted by Crippen LogP contribution is -1.91. The van der Waals surface area contributed by atoms with Crippen LogP contribution in [-0.4, -0.2) is 9.97 Å². The Morgan fingerprint density at radius 2 is 0.804 bits per heavy atom. The van der Waals surface area contributed by atoms with E-state index in [2.05, 4.69) is 187 Å². The van der Waals surface area contributed by atoms with E-state index in [1.54, 1.807) is 0 Å². The van der Waals surface area contributed by atoms with Crippen molar-refractivity contribution in [2.75, 3.05) is 0 Å². The molecule has 0 aliphatic heterocycles. The lowest BCUT2D eigenvalue weighted by Gasteiger charge is -2.15. The van der Waals surface area contributed by atoms with Crippen LogP contribution < -0.4 is 0 Å². The first-order chi connectivity index (χ1) is 27.8. The summed E-state index contributed by atoms with van der Waals surface area (Å²) in [5, 5.41) is 17.4. The van der Waals surface area contributed by atoms with E-state index in [0.717, 1.165) is 33.1 Å². The maximum atomic E-state index is 5.20. The lowest BCUT2D eigenvalue weighted by molar-refractivity contribution is 1.37. The zero-order chi connectivity index (χ0) is 36.7. The molecule has 2 aromatic heterocycles. The minimum atomic E-state index is 0.931. The standard InChI is InChI=1S/C54H32N2/c1-2-12-42-41(11-1)40(28-29-46(42)50-30-26-38-24-23-37-10-7-31-55-53(37)54(38)56-50)34-19-17-33(18-20-34)39-25-27-45-48-16-6-9-36-22-21-35-8-5-15-47(51(35)52(36)48)43-13-3-4-14-44(43)49(45)32-39/h1-32H. The number of nitrogens with zero attached hydrogens (tertiary/aromatic N) is 2. The van der Waals surface area contributed by atoms with Crippen LogP contribution in [0.5, 0.6) is 0 Å². The second-order valence-corrected chi connectivity index (χ2v) is 14.9. The molecule has 258 valence electrons. The molecule has 0 radical (unpaired) electrons. The van der Waals surface area contributed by atoms with Gasteiger partial charge < -0.3 is 0 Å². The summed E-state index contributed by atoms with van der Waals surface area (Å²) in [6.07, 6.45) is 1.85. The highest BCUT2D eigenvalue weighted by atomic mass is 14.8. The summed E-state index contributed by atoms with van der Waals surface area (Å²) >= 11 is 0. The van der Waals surface area contributed by atoms with E-state index in [1.807, 2.05) is 12.3 Å². The quantitative estimate of drug-likeness (QED) is 0.171. The molecule has 0 aliphatic carbocycles. The molecule has 0 saturated heterocycles. The third kappa shape index (κ3) is 4.63. The Hall–Kier alpha value is -7.42. The van der Waals surface area contributed by atoms with Gasteiger partial charge in [-0.15, -0.1) is 0 Å². The maximum absolute atomic E-state index is 5.20. The fourth-order valence-corrected chi connectivity index (χ4v) is 9.23. The van der Waals surface area contributed by atoms with Crippen molar-refractivity contribution >= 4 is 86.4 Å². The molecule has 0 spiro atoms. The summed E-state index contributed by atoms with van der Waals surface area (Å²) < 4.78 is 0. The molecule has 0 atom stereocenters. The Balaban J connectivity index is 0.997. The minimum Gasteiger partial charge on any atom is -0.254 e. The molecular weight excluding hydrogens is 677 g/mol. The average molecular weight is 709 g/mol. The SMILES string of the molecule is c1cnc2c(c1)ccc1ccc(-c3ccc(-c4ccc(-c5ccc6c(c5)c5ccccc5c5cccc7ccc8cccc6c8c75)cc4)c4ccccc34)nc12. The Morgan fingerprint density at radius 3 is 1.54 bits per heavy atom. The molecule has 12 aromatic rings. The highest BCUT2D eigenvalue weighted by Crippen LogP contribution is 2.42. The highest BCUT2D eigenvalue weighted by molar-refractivity contribution is 6.32. The number of pyridine rings is 2. The van der Waals surface area contributed by atoms with Crippen molar-refractivity contribution in [3.63, 3.8) is 0 Å². The van der Waals surface area contributed by atoms with Crippen molar-refractivity contribution in [1.29, 1.82) is 0 Å². The second kappa shape index (κ2) is 12.0. The van der Waals surface area contributed by atoms with Crippen molar-refractivity contribution in [3.8, 4) is 33.5 Å². The molecule has 0 N–H and O–H groups in total. The van der Waals surface area contributed by atoms with Crippen LogP contribution in [0.4, 0.5) is 0 Å². The van der Waals surface area contributed by atoms with Crippen molar-refractivity contribution in [3.05, 3.63) is 194 Å². The van der Waals surface area contributed by atoms with E-state index in [-0.39, 0.29) is 0 Å². The number of benzene rings is 9. The van der Waals surface area contributed by atoms with Crippen molar-refractivity contribution in [1.82, 2.24) is 9.97 Å². The van der Waals surface area contributed by atoms with Crippen LogP contribution in [-0.2, 0) is 0 Å². The Kier molecular flexibility index (Phi) is 6.66. The van der Waals surface area contributed by atoms with Crippen LogP contribution >= 0.6 is 0 Å². The number of aromatic nitrogens is 2. The van der Waals surface area contributed by atoms with E-state index in [1.165, 1.54) is 86.9 Å². The summed E-state index contributed by atoms with van der Waals surface area (Å²) in [5.74, 6) is 0. The molecule has 0 amide bonds. The number of fused-ring (bicyclic) bond motifs is 9. The van der Waals surface area contributed by atoms with Crippen LogP contribution in [0.2, 0.25) is 0 Å². The number of hydrogen-bond acceptors (Lipinski definition) is 2. The normalized spacial score (nSPS) is 11.9. The van der Waals surface area contributed by atoms with Gasteiger partial charge in [-0.2, -0.15) is 0 Å². The molecule has 10 aromatic carbocycles. The minimum absolute atomic E-state index is 0.931. The fourth-order valence-electron chi connectivity index (χ4n) is 9.23. The molecule has 12 rings (SSSR count). The number of hydrogen-bond donors (Lipinski definition) is 0. The molecule has 0 saturated carbocycles. The molecule has 0 bridgehead atoms. The van der Waals surface area contributed by atoms with E-state index in [4.69, 9.17) is 4.98 Å². The van der Waals surface area contributed by atoms with E-state index < -0.39 is 0 Å². The molecular formula is C54H32N2. The van der Waals surface area contributed by atoms with Gasteiger partial charge in [0.25, 0.3) is 0 Å². The predicted octanol–water partition coefficient (Wildman–Crippen LogP) is 14.7. The first-order valence-electron chi connectivity index (χ1n) is 19.2. The van der Waals surface area contributed by atoms with Gasteiger partial charge in [0.15, 0.2) is 0 Å². The highest BCUT2D eigenvalue weighted by Gasteiger charge is 2.15. The van der Waals surface area contributed by atoms with Gasteiger partial charge in [-0.05, 0) is 105 Å². The monoisotopic (exact) mass is 708 g/mol. The van der Waals surface area contributed by atoms with Crippen LogP contribution in [0.15, 0.2) is 194 Å². The van der Waals surface area contributed by atoms with Gasteiger partial charge in [0.05, 0.1) is 16.7 Å². The predicted molar refractivity (Wildman–Crippen MR) is 238 cm³/mol. The summed E-state index contributed by atoms with van der Waals surface area (Å²) in [5.41, 5.74) is 8.72. The second-order valence-electron chi connectivity index (χ2n) is 14.9. The van der Waals surface area contributed by atoms with Gasteiger partial charge in [-0.1, -0.05) is 170 Å². The van der Waals surface area contributed by atoms with E-state index in [0.29, 0.717) is 0 Å². The van der Waals surface area contributed by atoms with Gasteiger partial charge in [0.2, 0.25) is 0 Å². The first kappa shape index (κ1) is 31.0. The average Bonchev–Trinajstić information content (AvgIpc) is 3.27. The van der Waals surface area contributed by atoms with Gasteiger partial charge in [0.1, 0.15) is 0 Å². The van der Waals surface area contributed by atoms with E-state index >= 15 is 0 Å². The molecule has 2 nitrogen and oxygen atoms in total. The molecule has 2 heterocycles. The molecule has 0 aliphatic rings. The van der Waals surface area contributed by atoms with Crippen LogP contribution in [0, 0.1) is 0 Å². The molecule has 2 heteroatoms. The van der Waals surface area contributed by atoms with Crippen LogP contribution in [0.3, 0.4) is 0 Å². The van der Waals surface area contributed by atoms with Crippen LogP contribution in [0.1, 0.15) is 0 Å². The summed E-state index contributed by atoms with van der Waals surface area (Å²) in [6.45, 7) is 0. The smallest absolute Gasteiger partial charge is 0.0972 e. The largest absolute Gasteiger partial charge is 0.254 e. The number of rotatable bonds is 3. The molecule has 0 unspecified atom stereocenters. The maximum Gasteiger partial charge on any atom is 0.0972 e. The first-order valence-corrected chi connectivity index (χ1v) is 19.2. The van der Waals surface area contributed by atoms with Gasteiger partial charge in [-0.3, -0.25) is 4.98 Å². The third-order valence-electron chi connectivity index (χ3n) is 11.9. The Bertz CT molecular complexity index is 3580. The third-order valence-corrected chi connectivity index (χ3v) is 11.9. The van der Waals surface area contributed by atoms with Gasteiger partial charge in [0, 0.05) is 22.5 Å². The lowest BCUT2D eigenvalue weighted by atomic mass is 9.89. The Morgan fingerprint density at radius 1 is 0.286 bits per heavy atom. The summed E-state index contributed by atoms with van der Waals surface area (Å²) in [6, 6.07) is 68.8. The van der Waals surface area contributed by atoms with Crippen molar-refractivity contribution in [2.24, 2.45) is 0 Å². The molecule has 0 fully saturated rings. The summed E-state index contributed by atoms with van der Waals surface area (Å²) in [7, 11) is 0. The van der Waals surface area contributed by atoms with Crippen molar-refractivity contribution in [2.45, 2.75) is 0 Å². The van der Waals surface area contributed by atoms with Crippen molar-refractivity contribution < 1.29 is 0 Å². The topological polar surface area (TPSA) is 25.8 Å². The van der Waals surface area contributed by atoms with E-state index in [9.17, 15) is 0 Å². The zero-order valence-electron chi connectivity index (χ0n) is 30.4. The van der Waals surface area contributed by atoms with Gasteiger partial charge >= 0.3 is 0 Å². The fraction of sp³-hybridized carbons (Fsp3) is 0. The summed E-state index contributed by atoms with van der Waals surface area (Å²) in [4.78, 5) is 9.89.